The van der Waals surface area contributed by atoms with Crippen molar-refractivity contribution in [2.45, 2.75) is 45.1 Å². The van der Waals surface area contributed by atoms with Crippen LogP contribution in [0.1, 0.15) is 31.5 Å². The fourth-order valence-electron chi connectivity index (χ4n) is 5.16. The van der Waals surface area contributed by atoms with E-state index >= 15 is 0 Å². The summed E-state index contributed by atoms with van der Waals surface area (Å²) in [5.74, 6) is 0.865. The number of hydrogen-bond acceptors (Lipinski definition) is 10. The minimum Gasteiger partial charge on any atom is -0.512 e. The molecule has 11 nitrogen and oxygen atoms in total. The van der Waals surface area contributed by atoms with Crippen LogP contribution in [0, 0.1) is 12.3 Å². The number of likely N-dealkylation sites (N-methyl/N-ethyl adjacent to an activating group) is 1. The predicted octanol–water partition coefficient (Wildman–Crippen LogP) is 4.36. The second-order valence-electron chi connectivity index (χ2n) is 10.8. The van der Waals surface area contributed by atoms with Crippen molar-refractivity contribution >= 4 is 34.8 Å². The van der Waals surface area contributed by atoms with Gasteiger partial charge in [0.15, 0.2) is 11.4 Å². The molecule has 0 aliphatic carbocycles. The maximum atomic E-state index is 12.8. The van der Waals surface area contributed by atoms with Crippen LogP contribution in [-0.4, -0.2) is 101 Å². The van der Waals surface area contributed by atoms with E-state index in [1.54, 1.807) is 32.2 Å². The van der Waals surface area contributed by atoms with Crippen molar-refractivity contribution in [3.8, 4) is 17.1 Å². The Labute approximate surface area is 251 Å². The van der Waals surface area contributed by atoms with Crippen LogP contribution in [0.15, 0.2) is 24.0 Å². The molecule has 0 radical (unpaired) electrons. The highest BCUT2D eigenvalue weighted by Gasteiger charge is 2.52. The van der Waals surface area contributed by atoms with E-state index in [0.717, 1.165) is 0 Å². The molecule has 2 aliphatic heterocycles. The summed E-state index contributed by atoms with van der Waals surface area (Å²) in [6.45, 7) is 3.92. The highest BCUT2D eigenvalue weighted by atomic mass is 35.5. The van der Waals surface area contributed by atoms with Crippen molar-refractivity contribution in [2.24, 2.45) is 0 Å². The number of aliphatic hydroxyl groups excluding tert-OH is 2. The first-order valence-corrected chi connectivity index (χ1v) is 13.9. The van der Waals surface area contributed by atoms with Crippen LogP contribution in [0.3, 0.4) is 0 Å². The molecule has 15 heteroatoms. The van der Waals surface area contributed by atoms with Crippen LogP contribution in [0.5, 0.6) is 5.75 Å². The van der Waals surface area contributed by atoms with E-state index in [9.17, 15) is 28.2 Å². The molecule has 4 N–H and O–H groups in total. The topological polar surface area (TPSA) is 144 Å². The molecule has 43 heavy (non-hydrogen) atoms. The summed E-state index contributed by atoms with van der Waals surface area (Å²) in [7, 11) is 1.71. The van der Waals surface area contributed by atoms with Gasteiger partial charge in [-0.3, -0.25) is 4.90 Å². The van der Waals surface area contributed by atoms with E-state index in [2.05, 4.69) is 10.3 Å². The summed E-state index contributed by atoms with van der Waals surface area (Å²) >= 11 is 6.56. The molecule has 0 bridgehead atoms. The van der Waals surface area contributed by atoms with Gasteiger partial charge in [-0.05, 0) is 46.0 Å². The van der Waals surface area contributed by atoms with Gasteiger partial charge in [-0.1, -0.05) is 11.6 Å². The van der Waals surface area contributed by atoms with Crippen LogP contribution >= 0.6 is 11.6 Å². The summed E-state index contributed by atoms with van der Waals surface area (Å²) in [5.41, 5.74) is 0.504. The molecule has 2 fully saturated rings. The molecule has 4 rings (SSSR count). The standard InChI is InChI=1S/C28H34ClF3N6O5/c1-15-23(22(16(2)33)17(3)39)35-24(20-9-19(5-6-21(20)29)42-11-18(40)10-34-4)36-25(15)38-12-27(13-38)7-8-37(26(41)43-27)14-28(30,31)32/h5-6,9,18,33-34,39-40H,7-8,10-14H2,1-4H3/b22-17+,33-16?/t18-/m1/s1. The molecule has 2 aliphatic rings. The van der Waals surface area contributed by atoms with Gasteiger partial charge < -0.3 is 35.3 Å². The SMILES string of the molecule is CNC[C@@H](O)COc1ccc(Cl)c(-c2nc(/C(C(C)=N)=C(\C)O)c(C)c(N3CC4(CCN(CC(F)(F)F)C(=O)O4)C3)n2)c1. The molecule has 0 saturated carbocycles. The van der Waals surface area contributed by atoms with Gasteiger partial charge in [-0.25, -0.2) is 14.8 Å². The molecule has 1 aromatic heterocycles. The van der Waals surface area contributed by atoms with Crippen LogP contribution < -0.4 is 15.0 Å². The first-order valence-electron chi connectivity index (χ1n) is 13.5. The van der Waals surface area contributed by atoms with Gasteiger partial charge in [0, 0.05) is 36.3 Å². The number of rotatable bonds is 10. The fraction of sp³-hybridized carbons (Fsp3) is 0.500. The van der Waals surface area contributed by atoms with Gasteiger partial charge in [-0.2, -0.15) is 13.2 Å². The van der Waals surface area contributed by atoms with E-state index in [0.29, 0.717) is 39.2 Å². The zero-order chi connectivity index (χ0) is 31.7. The second kappa shape index (κ2) is 12.5. The van der Waals surface area contributed by atoms with Gasteiger partial charge in [-0.15, -0.1) is 0 Å². The van der Waals surface area contributed by atoms with Gasteiger partial charge in [0.1, 0.15) is 36.6 Å². The maximum absolute atomic E-state index is 12.8. The maximum Gasteiger partial charge on any atom is 0.410 e. The van der Waals surface area contributed by atoms with Crippen molar-refractivity contribution in [2.75, 3.05) is 51.3 Å². The van der Waals surface area contributed by atoms with Crippen molar-refractivity contribution in [3.05, 3.63) is 40.2 Å². The molecule has 1 spiro atoms. The van der Waals surface area contributed by atoms with Crippen molar-refractivity contribution in [3.63, 3.8) is 0 Å². The lowest BCUT2D eigenvalue weighted by molar-refractivity contribution is -0.155. The lowest BCUT2D eigenvalue weighted by atomic mass is 9.88. The monoisotopic (exact) mass is 626 g/mol. The van der Waals surface area contributed by atoms with Crippen LogP contribution in [-0.2, 0) is 4.74 Å². The summed E-state index contributed by atoms with van der Waals surface area (Å²) in [6, 6.07) is 4.86. The number of carbonyl (C=O) groups excluding carboxylic acids is 1. The first kappa shape index (κ1) is 32.3. The van der Waals surface area contributed by atoms with Gasteiger partial charge in [0.2, 0.25) is 0 Å². The van der Waals surface area contributed by atoms with Crippen molar-refractivity contribution in [1.82, 2.24) is 20.2 Å². The molecule has 2 aromatic rings. The smallest absolute Gasteiger partial charge is 0.410 e. The number of carbonyl (C=O) groups is 1. The van der Waals surface area contributed by atoms with Crippen LogP contribution in [0.25, 0.3) is 17.0 Å². The Hall–Kier alpha value is -3.62. The highest BCUT2D eigenvalue weighted by molar-refractivity contribution is 6.33. The Balaban J connectivity index is 1.68. The number of aliphatic hydroxyl groups is 2. The molecule has 1 amide bonds. The number of ether oxygens (including phenoxy) is 2. The highest BCUT2D eigenvalue weighted by Crippen LogP contribution is 2.40. The Kier molecular flexibility index (Phi) is 9.42. The van der Waals surface area contributed by atoms with Gasteiger partial charge >= 0.3 is 12.3 Å². The van der Waals surface area contributed by atoms with Gasteiger partial charge in [0.05, 0.1) is 29.4 Å². The number of anilines is 1. The average Bonchev–Trinajstić information content (AvgIpc) is 2.88. The number of hydrogen-bond donors (Lipinski definition) is 4. The summed E-state index contributed by atoms with van der Waals surface area (Å²) in [6.07, 6.45) is -6.09. The molecular formula is C28H34ClF3N6O5. The molecule has 3 heterocycles. The summed E-state index contributed by atoms with van der Waals surface area (Å²) < 4.78 is 49.8. The fourth-order valence-corrected chi connectivity index (χ4v) is 5.36. The zero-order valence-electron chi connectivity index (χ0n) is 24.2. The van der Waals surface area contributed by atoms with E-state index in [4.69, 9.17) is 31.5 Å². The first-order chi connectivity index (χ1) is 20.1. The van der Waals surface area contributed by atoms with E-state index in [1.165, 1.54) is 13.8 Å². The average molecular weight is 627 g/mol. The number of allylic oxidation sites excluding steroid dienone is 2. The minimum absolute atomic E-state index is 0.0196. The molecule has 234 valence electrons. The van der Waals surface area contributed by atoms with E-state index < -0.39 is 30.5 Å². The number of halogens is 4. The minimum atomic E-state index is -4.53. The summed E-state index contributed by atoms with van der Waals surface area (Å²) in [4.78, 5) is 24.3. The Morgan fingerprint density at radius 3 is 2.58 bits per heavy atom. The third-order valence-electron chi connectivity index (χ3n) is 7.18. The Morgan fingerprint density at radius 2 is 2.00 bits per heavy atom. The van der Waals surface area contributed by atoms with E-state index in [1.807, 2.05) is 4.90 Å². The van der Waals surface area contributed by atoms with Gasteiger partial charge in [0.25, 0.3) is 0 Å². The second-order valence-corrected chi connectivity index (χ2v) is 11.2. The quantitative estimate of drug-likeness (QED) is 0.223. The number of aromatic nitrogens is 2. The number of benzene rings is 1. The summed E-state index contributed by atoms with van der Waals surface area (Å²) in [5, 5.41) is 31.9. The largest absolute Gasteiger partial charge is 0.512 e. The number of amides is 1. The molecule has 1 aromatic carbocycles. The zero-order valence-corrected chi connectivity index (χ0v) is 24.9. The third-order valence-corrected chi connectivity index (χ3v) is 7.51. The van der Waals surface area contributed by atoms with Crippen LogP contribution in [0.2, 0.25) is 5.02 Å². The lowest BCUT2D eigenvalue weighted by Crippen LogP contribution is -2.68. The molecular weight excluding hydrogens is 593 g/mol. The Bertz CT molecular complexity index is 1430. The Morgan fingerprint density at radius 1 is 1.30 bits per heavy atom. The van der Waals surface area contributed by atoms with Crippen molar-refractivity contribution < 1.29 is 37.7 Å². The predicted molar refractivity (Wildman–Crippen MR) is 155 cm³/mol. The molecule has 0 unspecified atom stereocenters. The normalized spacial score (nSPS) is 17.7. The number of nitrogens with zero attached hydrogens (tertiary/aromatic N) is 4. The van der Waals surface area contributed by atoms with E-state index in [-0.39, 0.29) is 61.2 Å². The molecule has 1 atom stereocenters. The lowest BCUT2D eigenvalue weighted by Gasteiger charge is -2.53. The molecule has 2 saturated heterocycles. The van der Waals surface area contributed by atoms with Crippen molar-refractivity contribution in [1.29, 1.82) is 5.41 Å². The number of nitrogens with one attached hydrogen (secondary N) is 2. The number of alkyl halides is 3. The third kappa shape index (κ3) is 7.31. The van der Waals surface area contributed by atoms with Crippen LogP contribution in [0.4, 0.5) is 23.8 Å².